The molecular weight excluding hydrogens is 542 g/mol. The lowest BCUT2D eigenvalue weighted by Gasteiger charge is -2.14. The molecule has 1 fully saturated rings. The van der Waals surface area contributed by atoms with Gasteiger partial charge in [0, 0.05) is 29.1 Å². The molecule has 0 bridgehead atoms. The van der Waals surface area contributed by atoms with Crippen LogP contribution in [-0.4, -0.2) is 45.8 Å². The van der Waals surface area contributed by atoms with Gasteiger partial charge in [-0.2, -0.15) is 0 Å². The molecule has 0 saturated carbocycles. The third-order valence-corrected chi connectivity index (χ3v) is 7.68. The molecule has 1 saturated heterocycles. The number of carboxylic acids is 1. The second-order valence-corrected chi connectivity index (χ2v) is 10.4. The van der Waals surface area contributed by atoms with E-state index in [9.17, 15) is 23.2 Å². The van der Waals surface area contributed by atoms with Crippen molar-refractivity contribution in [1.82, 2.24) is 4.90 Å². The van der Waals surface area contributed by atoms with Gasteiger partial charge < -0.3 is 15.2 Å². The van der Waals surface area contributed by atoms with Gasteiger partial charge in [-0.05, 0) is 54.1 Å². The molecule has 1 aliphatic rings. The topological polar surface area (TPSA) is 95.9 Å². The Kier molecular flexibility index (Phi) is 8.00. The molecule has 1 aromatic heterocycles. The Morgan fingerprint density at radius 2 is 1.86 bits per heavy atom. The van der Waals surface area contributed by atoms with Gasteiger partial charge in [0.25, 0.3) is 5.91 Å². The van der Waals surface area contributed by atoms with Crippen LogP contribution in [0.1, 0.15) is 21.7 Å². The summed E-state index contributed by atoms with van der Waals surface area (Å²) in [5, 5.41) is 12.1. The standard InChI is InChI=1S/C25H18F2N2O5S3/c1-34-24-17(14-4-7-18(26)19(27)10-14)11-16(36-24)12-20-22(31)29(25(35)37-20)9-8-21(30)28-15-5-2-13(3-6-15)23(32)33/h2-7,10-12H,8-9H2,1H3,(H,28,30)(H,32,33). The minimum atomic E-state index is -1.07. The monoisotopic (exact) mass is 560 g/mol. The zero-order valence-electron chi connectivity index (χ0n) is 19.1. The lowest BCUT2D eigenvalue weighted by Crippen LogP contribution is -2.31. The van der Waals surface area contributed by atoms with Crippen molar-refractivity contribution in [2.45, 2.75) is 6.42 Å². The highest BCUT2D eigenvalue weighted by molar-refractivity contribution is 8.26. The predicted molar refractivity (Wildman–Crippen MR) is 143 cm³/mol. The van der Waals surface area contributed by atoms with Crippen molar-refractivity contribution >= 4 is 69.2 Å². The number of carbonyl (C=O) groups is 3. The number of carboxylic acid groups (broad SMARTS) is 1. The number of thioether (sulfide) groups is 1. The average Bonchev–Trinajstić information content (AvgIpc) is 3.39. The molecule has 0 atom stereocenters. The minimum absolute atomic E-state index is 0.0203. The summed E-state index contributed by atoms with van der Waals surface area (Å²) in [5.41, 5.74) is 1.52. The largest absolute Gasteiger partial charge is 0.487 e. The SMILES string of the molecule is COc1sc(C=C2SC(=S)N(CCC(=O)Nc3ccc(C(=O)O)cc3)C2=O)cc1-c1ccc(F)c(F)c1. The molecule has 2 aromatic carbocycles. The highest BCUT2D eigenvalue weighted by Crippen LogP contribution is 2.41. The van der Waals surface area contributed by atoms with E-state index in [0.717, 1.165) is 23.9 Å². The number of hydrogen-bond acceptors (Lipinski definition) is 7. The van der Waals surface area contributed by atoms with Gasteiger partial charge in [0.05, 0.1) is 17.6 Å². The number of nitrogens with one attached hydrogen (secondary N) is 1. The molecule has 0 unspecified atom stereocenters. The number of ether oxygens (including phenoxy) is 1. The molecule has 190 valence electrons. The number of benzene rings is 2. The van der Waals surface area contributed by atoms with Crippen LogP contribution in [0.2, 0.25) is 0 Å². The number of aromatic carboxylic acids is 1. The fourth-order valence-corrected chi connectivity index (χ4v) is 5.75. The average molecular weight is 561 g/mol. The number of halogens is 2. The molecule has 3 aromatic rings. The number of hydrogen-bond donors (Lipinski definition) is 2. The lowest BCUT2D eigenvalue weighted by molar-refractivity contribution is -0.122. The molecule has 0 radical (unpaired) electrons. The second-order valence-electron chi connectivity index (χ2n) is 7.70. The third-order valence-electron chi connectivity index (χ3n) is 5.26. The first-order valence-corrected chi connectivity index (χ1v) is 12.7. The van der Waals surface area contributed by atoms with E-state index in [1.165, 1.54) is 53.7 Å². The molecule has 7 nitrogen and oxygen atoms in total. The fourth-order valence-electron chi connectivity index (χ4n) is 3.44. The molecule has 2 N–H and O–H groups in total. The van der Waals surface area contributed by atoms with E-state index in [1.807, 2.05) is 0 Å². The molecule has 12 heteroatoms. The first-order chi connectivity index (χ1) is 17.7. The van der Waals surface area contributed by atoms with Crippen LogP contribution in [0.5, 0.6) is 5.06 Å². The molecule has 4 rings (SSSR count). The minimum Gasteiger partial charge on any atom is -0.487 e. The Balaban J connectivity index is 1.43. The highest BCUT2D eigenvalue weighted by atomic mass is 32.2. The summed E-state index contributed by atoms with van der Waals surface area (Å²) in [7, 11) is 1.46. The van der Waals surface area contributed by atoms with E-state index in [4.69, 9.17) is 22.1 Å². The maximum atomic E-state index is 13.7. The van der Waals surface area contributed by atoms with E-state index in [0.29, 0.717) is 36.0 Å². The molecular formula is C25H18F2N2O5S3. The first-order valence-electron chi connectivity index (χ1n) is 10.7. The van der Waals surface area contributed by atoms with Crippen LogP contribution in [0.3, 0.4) is 0 Å². The number of thiocarbonyl (C=S) groups is 1. The number of anilines is 1. The van der Waals surface area contributed by atoms with E-state index in [1.54, 1.807) is 12.1 Å². The normalized spacial score (nSPS) is 14.4. The van der Waals surface area contributed by atoms with Gasteiger partial charge in [-0.15, -0.1) is 0 Å². The van der Waals surface area contributed by atoms with Crippen molar-refractivity contribution in [3.8, 4) is 16.2 Å². The Hall–Kier alpha value is -3.61. The Labute approximate surface area is 223 Å². The molecule has 2 amide bonds. The molecule has 0 spiro atoms. The van der Waals surface area contributed by atoms with E-state index in [-0.39, 0.29) is 30.3 Å². The number of carbonyl (C=O) groups excluding carboxylic acids is 2. The Morgan fingerprint density at radius 3 is 2.51 bits per heavy atom. The Morgan fingerprint density at radius 1 is 1.14 bits per heavy atom. The number of nitrogens with zero attached hydrogens (tertiary/aromatic N) is 1. The van der Waals surface area contributed by atoms with Crippen LogP contribution in [0.4, 0.5) is 14.5 Å². The van der Waals surface area contributed by atoms with Crippen LogP contribution in [0.15, 0.2) is 53.4 Å². The van der Waals surface area contributed by atoms with Gasteiger partial charge in [0.15, 0.2) is 16.7 Å². The summed E-state index contributed by atoms with van der Waals surface area (Å²) >= 11 is 7.66. The molecule has 0 aliphatic carbocycles. The van der Waals surface area contributed by atoms with Gasteiger partial charge in [-0.3, -0.25) is 14.5 Å². The van der Waals surface area contributed by atoms with E-state index < -0.39 is 17.6 Å². The fraction of sp³-hybridized carbons (Fsp3) is 0.120. The van der Waals surface area contributed by atoms with Crippen molar-refractivity contribution in [2.24, 2.45) is 0 Å². The van der Waals surface area contributed by atoms with Crippen LogP contribution in [0.25, 0.3) is 17.2 Å². The summed E-state index contributed by atoms with van der Waals surface area (Å²) in [6.45, 7) is 0.0644. The van der Waals surface area contributed by atoms with E-state index in [2.05, 4.69) is 5.32 Å². The van der Waals surface area contributed by atoms with Crippen molar-refractivity contribution in [1.29, 1.82) is 0 Å². The van der Waals surface area contributed by atoms with Crippen molar-refractivity contribution < 1.29 is 33.0 Å². The van der Waals surface area contributed by atoms with Crippen molar-refractivity contribution in [3.63, 3.8) is 0 Å². The highest BCUT2D eigenvalue weighted by Gasteiger charge is 2.32. The number of rotatable bonds is 8. The van der Waals surface area contributed by atoms with Gasteiger partial charge in [0.2, 0.25) is 5.91 Å². The maximum absolute atomic E-state index is 13.7. The zero-order chi connectivity index (χ0) is 26.7. The van der Waals surface area contributed by atoms with Crippen LogP contribution < -0.4 is 10.1 Å². The van der Waals surface area contributed by atoms with Gasteiger partial charge in [-0.1, -0.05) is 41.4 Å². The summed E-state index contributed by atoms with van der Waals surface area (Å²) < 4.78 is 32.8. The van der Waals surface area contributed by atoms with Gasteiger partial charge in [-0.25, -0.2) is 13.6 Å². The summed E-state index contributed by atoms with van der Waals surface area (Å²) in [6, 6.07) is 11.0. The summed E-state index contributed by atoms with van der Waals surface area (Å²) in [4.78, 5) is 38.6. The maximum Gasteiger partial charge on any atom is 0.335 e. The van der Waals surface area contributed by atoms with Crippen LogP contribution in [-0.2, 0) is 9.59 Å². The van der Waals surface area contributed by atoms with Crippen molar-refractivity contribution in [2.75, 3.05) is 19.0 Å². The van der Waals surface area contributed by atoms with Gasteiger partial charge >= 0.3 is 5.97 Å². The molecule has 2 heterocycles. The zero-order valence-corrected chi connectivity index (χ0v) is 21.6. The Bertz CT molecular complexity index is 1440. The molecule has 1 aliphatic heterocycles. The van der Waals surface area contributed by atoms with Gasteiger partial charge in [0.1, 0.15) is 4.32 Å². The van der Waals surface area contributed by atoms with Crippen LogP contribution >= 0.6 is 35.3 Å². The second kappa shape index (κ2) is 11.2. The summed E-state index contributed by atoms with van der Waals surface area (Å²) in [5.74, 6) is -3.71. The first kappa shape index (κ1) is 26.5. The lowest BCUT2D eigenvalue weighted by atomic mass is 10.1. The van der Waals surface area contributed by atoms with Crippen molar-refractivity contribution in [3.05, 3.63) is 75.5 Å². The van der Waals surface area contributed by atoms with E-state index >= 15 is 0 Å². The third kappa shape index (κ3) is 6.04. The molecule has 37 heavy (non-hydrogen) atoms. The summed E-state index contributed by atoms with van der Waals surface area (Å²) in [6.07, 6.45) is 1.62. The number of amides is 2. The predicted octanol–water partition coefficient (Wildman–Crippen LogP) is 5.63. The van der Waals surface area contributed by atoms with Crippen LogP contribution in [0, 0.1) is 11.6 Å². The smallest absolute Gasteiger partial charge is 0.335 e. The number of thiophene rings is 1. The quantitative estimate of drug-likeness (QED) is 0.272. The number of methoxy groups -OCH3 is 1.